The highest BCUT2D eigenvalue weighted by molar-refractivity contribution is 9.10. The summed E-state index contributed by atoms with van der Waals surface area (Å²) < 4.78 is 0.903. The van der Waals surface area contributed by atoms with Gasteiger partial charge in [0.2, 0.25) is 5.91 Å². The number of amides is 2. The van der Waals surface area contributed by atoms with Crippen LogP contribution in [-0.2, 0) is 4.79 Å². The Morgan fingerprint density at radius 2 is 1.78 bits per heavy atom. The SMILES string of the molecule is CN(C)C(=O)c1ccc(/C=C/C(=O)Nc2cccc(Br)c2)cc1. The topological polar surface area (TPSA) is 49.4 Å². The Morgan fingerprint density at radius 3 is 2.39 bits per heavy atom. The van der Waals surface area contributed by atoms with Gasteiger partial charge in [-0.25, -0.2) is 0 Å². The van der Waals surface area contributed by atoms with Crippen LogP contribution in [0.3, 0.4) is 0 Å². The van der Waals surface area contributed by atoms with Crippen molar-refractivity contribution in [3.63, 3.8) is 0 Å². The molecule has 0 fully saturated rings. The average Bonchev–Trinajstić information content (AvgIpc) is 2.52. The molecule has 0 atom stereocenters. The quantitative estimate of drug-likeness (QED) is 0.829. The Kier molecular flexibility index (Phi) is 5.71. The van der Waals surface area contributed by atoms with E-state index in [1.807, 2.05) is 24.3 Å². The lowest BCUT2D eigenvalue weighted by Crippen LogP contribution is -2.21. The first-order valence-electron chi connectivity index (χ1n) is 7.02. The van der Waals surface area contributed by atoms with E-state index < -0.39 is 0 Å². The highest BCUT2D eigenvalue weighted by atomic mass is 79.9. The fourth-order valence-corrected chi connectivity index (χ4v) is 2.32. The number of anilines is 1. The number of nitrogens with zero attached hydrogens (tertiary/aromatic N) is 1. The van der Waals surface area contributed by atoms with Crippen LogP contribution in [0, 0.1) is 0 Å². The third-order valence-corrected chi connectivity index (χ3v) is 3.58. The third kappa shape index (κ3) is 5.07. The molecule has 0 spiro atoms. The number of nitrogens with one attached hydrogen (secondary N) is 1. The van der Waals surface area contributed by atoms with E-state index >= 15 is 0 Å². The van der Waals surface area contributed by atoms with Gasteiger partial charge in [0.25, 0.3) is 5.91 Å². The van der Waals surface area contributed by atoms with Crippen molar-refractivity contribution in [3.8, 4) is 0 Å². The molecule has 0 saturated heterocycles. The molecule has 4 nitrogen and oxygen atoms in total. The fraction of sp³-hybridized carbons (Fsp3) is 0.111. The zero-order valence-electron chi connectivity index (χ0n) is 12.9. The molecule has 0 aliphatic rings. The molecular formula is C18H17BrN2O2. The van der Waals surface area contributed by atoms with E-state index in [0.29, 0.717) is 5.56 Å². The molecule has 2 amide bonds. The number of hydrogen-bond donors (Lipinski definition) is 1. The lowest BCUT2D eigenvalue weighted by molar-refractivity contribution is -0.111. The lowest BCUT2D eigenvalue weighted by Gasteiger charge is -2.09. The fourth-order valence-electron chi connectivity index (χ4n) is 1.92. The Balaban J connectivity index is 1.99. The van der Waals surface area contributed by atoms with Crippen molar-refractivity contribution in [1.82, 2.24) is 4.90 Å². The zero-order valence-corrected chi connectivity index (χ0v) is 14.5. The summed E-state index contributed by atoms with van der Waals surface area (Å²) in [5.41, 5.74) is 2.19. The van der Waals surface area contributed by atoms with Crippen LogP contribution in [-0.4, -0.2) is 30.8 Å². The minimum Gasteiger partial charge on any atom is -0.345 e. The van der Waals surface area contributed by atoms with Crippen LogP contribution in [0.1, 0.15) is 15.9 Å². The maximum Gasteiger partial charge on any atom is 0.253 e. The van der Waals surface area contributed by atoms with Crippen LogP contribution < -0.4 is 5.32 Å². The smallest absolute Gasteiger partial charge is 0.253 e. The van der Waals surface area contributed by atoms with Crippen LogP contribution in [0.15, 0.2) is 59.1 Å². The molecule has 5 heteroatoms. The van der Waals surface area contributed by atoms with Gasteiger partial charge in [-0.05, 0) is 42.0 Å². The summed E-state index contributed by atoms with van der Waals surface area (Å²) in [4.78, 5) is 25.2. The molecule has 23 heavy (non-hydrogen) atoms. The second kappa shape index (κ2) is 7.74. The number of benzene rings is 2. The van der Waals surface area contributed by atoms with E-state index in [2.05, 4.69) is 21.2 Å². The molecule has 0 aliphatic heterocycles. The van der Waals surface area contributed by atoms with Gasteiger partial charge >= 0.3 is 0 Å². The van der Waals surface area contributed by atoms with E-state index in [1.165, 1.54) is 11.0 Å². The summed E-state index contributed by atoms with van der Waals surface area (Å²) in [6.07, 6.45) is 3.17. The van der Waals surface area contributed by atoms with E-state index in [0.717, 1.165) is 15.7 Å². The third-order valence-electron chi connectivity index (χ3n) is 3.08. The molecule has 2 aromatic carbocycles. The number of carbonyl (C=O) groups is 2. The van der Waals surface area contributed by atoms with Gasteiger partial charge in [-0.3, -0.25) is 9.59 Å². The van der Waals surface area contributed by atoms with Gasteiger partial charge in [-0.1, -0.05) is 34.1 Å². The molecule has 2 aromatic rings. The summed E-state index contributed by atoms with van der Waals surface area (Å²) in [6.45, 7) is 0. The number of halogens is 1. The number of hydrogen-bond acceptors (Lipinski definition) is 2. The minimum absolute atomic E-state index is 0.0482. The molecule has 2 rings (SSSR count). The summed E-state index contributed by atoms with van der Waals surface area (Å²) >= 11 is 3.36. The van der Waals surface area contributed by atoms with Crippen molar-refractivity contribution in [2.24, 2.45) is 0 Å². The van der Waals surface area contributed by atoms with Crippen molar-refractivity contribution in [3.05, 3.63) is 70.2 Å². The molecular weight excluding hydrogens is 356 g/mol. The van der Waals surface area contributed by atoms with Crippen LogP contribution in [0.2, 0.25) is 0 Å². The highest BCUT2D eigenvalue weighted by Crippen LogP contribution is 2.15. The Labute approximate surface area is 143 Å². The first kappa shape index (κ1) is 17.0. The first-order chi connectivity index (χ1) is 11.0. The maximum atomic E-state index is 11.9. The predicted molar refractivity (Wildman–Crippen MR) is 96.3 cm³/mol. The van der Waals surface area contributed by atoms with E-state index in [4.69, 9.17) is 0 Å². The maximum absolute atomic E-state index is 11.9. The summed E-state index contributed by atoms with van der Waals surface area (Å²) in [6, 6.07) is 14.5. The number of carbonyl (C=O) groups excluding carboxylic acids is 2. The summed E-state index contributed by atoms with van der Waals surface area (Å²) in [5, 5.41) is 2.78. The molecule has 1 N–H and O–H groups in total. The van der Waals surface area contributed by atoms with Crippen molar-refractivity contribution in [2.75, 3.05) is 19.4 Å². The summed E-state index contributed by atoms with van der Waals surface area (Å²) in [5.74, 6) is -0.260. The van der Waals surface area contributed by atoms with E-state index in [1.54, 1.807) is 44.4 Å². The molecule has 0 unspecified atom stereocenters. The molecule has 0 saturated carbocycles. The standard InChI is InChI=1S/C18H17BrN2O2/c1-21(2)18(23)14-9-6-13(7-10-14)8-11-17(22)20-16-5-3-4-15(19)12-16/h3-12H,1-2H3,(H,20,22)/b11-8+. The molecule has 0 aromatic heterocycles. The Hall–Kier alpha value is -2.40. The average molecular weight is 373 g/mol. The van der Waals surface area contributed by atoms with Crippen molar-refractivity contribution in [2.45, 2.75) is 0 Å². The van der Waals surface area contributed by atoms with Crippen LogP contribution in [0.5, 0.6) is 0 Å². The molecule has 0 bridgehead atoms. The predicted octanol–water partition coefficient (Wildman–Crippen LogP) is 3.80. The monoisotopic (exact) mass is 372 g/mol. The summed E-state index contributed by atoms with van der Waals surface area (Å²) in [7, 11) is 3.42. The second-order valence-electron chi connectivity index (χ2n) is 5.15. The zero-order chi connectivity index (χ0) is 16.8. The molecule has 0 aliphatic carbocycles. The van der Waals surface area contributed by atoms with Gasteiger partial charge in [-0.15, -0.1) is 0 Å². The van der Waals surface area contributed by atoms with Crippen LogP contribution in [0.4, 0.5) is 5.69 Å². The molecule has 0 radical (unpaired) electrons. The highest BCUT2D eigenvalue weighted by Gasteiger charge is 2.06. The van der Waals surface area contributed by atoms with E-state index in [-0.39, 0.29) is 11.8 Å². The van der Waals surface area contributed by atoms with Crippen molar-refractivity contribution < 1.29 is 9.59 Å². The largest absolute Gasteiger partial charge is 0.345 e. The minimum atomic E-state index is -0.212. The van der Waals surface area contributed by atoms with E-state index in [9.17, 15) is 9.59 Å². The van der Waals surface area contributed by atoms with Gasteiger partial charge in [0.15, 0.2) is 0 Å². The Bertz CT molecular complexity index is 737. The lowest BCUT2D eigenvalue weighted by atomic mass is 10.1. The number of rotatable bonds is 4. The van der Waals surface area contributed by atoms with Crippen LogP contribution >= 0.6 is 15.9 Å². The van der Waals surface area contributed by atoms with Gasteiger partial charge in [0, 0.05) is 35.9 Å². The molecule has 0 heterocycles. The van der Waals surface area contributed by atoms with Gasteiger partial charge < -0.3 is 10.2 Å². The van der Waals surface area contributed by atoms with Gasteiger partial charge in [0.05, 0.1) is 0 Å². The second-order valence-corrected chi connectivity index (χ2v) is 6.07. The Morgan fingerprint density at radius 1 is 1.09 bits per heavy atom. The first-order valence-corrected chi connectivity index (χ1v) is 7.81. The van der Waals surface area contributed by atoms with Crippen LogP contribution in [0.25, 0.3) is 6.08 Å². The van der Waals surface area contributed by atoms with Gasteiger partial charge in [-0.2, -0.15) is 0 Å². The molecule has 118 valence electrons. The normalized spacial score (nSPS) is 10.6. The van der Waals surface area contributed by atoms with Crippen molar-refractivity contribution in [1.29, 1.82) is 0 Å². The van der Waals surface area contributed by atoms with Crippen molar-refractivity contribution >= 4 is 39.5 Å². The van der Waals surface area contributed by atoms with Gasteiger partial charge in [0.1, 0.15) is 0 Å².